The molecule has 1 nitrogen and oxygen atoms in total. The maximum Gasteiger partial charge on any atom is 0.0783 e. The highest BCUT2D eigenvalue weighted by Crippen LogP contribution is 2.47. The van der Waals surface area contributed by atoms with Crippen LogP contribution in [0.4, 0.5) is 0 Å². The van der Waals surface area contributed by atoms with E-state index in [2.05, 4.69) is 13.8 Å². The van der Waals surface area contributed by atoms with Crippen LogP contribution >= 0.6 is 0 Å². The summed E-state index contributed by atoms with van der Waals surface area (Å²) in [7, 11) is 0. The van der Waals surface area contributed by atoms with E-state index < -0.39 is 0 Å². The lowest BCUT2D eigenvalue weighted by molar-refractivity contribution is 0.151. The molecule has 1 heteroatoms. The van der Waals surface area contributed by atoms with E-state index >= 15 is 0 Å². The van der Waals surface area contributed by atoms with Gasteiger partial charge in [0.25, 0.3) is 0 Å². The Balaban J connectivity index is 2.21. The second-order valence-corrected chi connectivity index (χ2v) is 4.53. The van der Waals surface area contributed by atoms with Crippen LogP contribution in [0.25, 0.3) is 0 Å². The molecule has 3 atom stereocenters. The molecule has 2 aliphatic rings. The maximum atomic E-state index is 9.97. The summed E-state index contributed by atoms with van der Waals surface area (Å²) in [5.41, 5.74) is 2.68. The van der Waals surface area contributed by atoms with Crippen molar-refractivity contribution in [3.8, 4) is 0 Å². The monoisotopic (exact) mass is 166 g/mol. The molecule has 0 aromatic carbocycles. The number of aliphatic hydroxyl groups is 1. The van der Waals surface area contributed by atoms with Gasteiger partial charge in [0.1, 0.15) is 0 Å². The second-order valence-electron chi connectivity index (χ2n) is 4.53. The van der Waals surface area contributed by atoms with Crippen molar-refractivity contribution in [2.24, 2.45) is 11.8 Å². The summed E-state index contributed by atoms with van der Waals surface area (Å²) < 4.78 is 0. The molecule has 0 aromatic heterocycles. The molecule has 2 aliphatic carbocycles. The molecule has 0 aliphatic heterocycles. The Morgan fingerprint density at radius 1 is 1.33 bits per heavy atom. The van der Waals surface area contributed by atoms with Crippen molar-refractivity contribution in [3.05, 3.63) is 11.1 Å². The van der Waals surface area contributed by atoms with Gasteiger partial charge in [-0.1, -0.05) is 12.0 Å². The first-order valence-corrected chi connectivity index (χ1v) is 5.04. The molecule has 68 valence electrons. The van der Waals surface area contributed by atoms with Gasteiger partial charge >= 0.3 is 0 Å². The molecule has 3 unspecified atom stereocenters. The van der Waals surface area contributed by atoms with Gasteiger partial charge in [-0.3, -0.25) is 0 Å². The Morgan fingerprint density at radius 3 is 2.67 bits per heavy atom. The Hall–Kier alpha value is -0.300. The van der Waals surface area contributed by atoms with E-state index in [4.69, 9.17) is 0 Å². The Morgan fingerprint density at radius 2 is 2.08 bits per heavy atom. The summed E-state index contributed by atoms with van der Waals surface area (Å²) in [6, 6.07) is 0. The lowest BCUT2D eigenvalue weighted by Gasteiger charge is -2.13. The first-order chi connectivity index (χ1) is 5.70. The fourth-order valence-electron chi connectivity index (χ4n) is 2.90. The van der Waals surface area contributed by atoms with Gasteiger partial charge in [-0.05, 0) is 50.5 Å². The molecule has 1 N–H and O–H groups in total. The third-order valence-electron chi connectivity index (χ3n) is 3.60. The molecule has 0 spiro atoms. The average molecular weight is 166 g/mol. The van der Waals surface area contributed by atoms with Crippen molar-refractivity contribution in [3.63, 3.8) is 0 Å². The van der Waals surface area contributed by atoms with Crippen molar-refractivity contribution >= 4 is 0 Å². The molecule has 0 radical (unpaired) electrons. The second kappa shape index (κ2) is 2.88. The third kappa shape index (κ3) is 1.11. The van der Waals surface area contributed by atoms with Crippen LogP contribution in [-0.4, -0.2) is 11.2 Å². The van der Waals surface area contributed by atoms with Gasteiger partial charge < -0.3 is 5.11 Å². The van der Waals surface area contributed by atoms with Crippen molar-refractivity contribution < 1.29 is 5.11 Å². The topological polar surface area (TPSA) is 20.2 Å². The first-order valence-electron chi connectivity index (χ1n) is 5.04. The minimum absolute atomic E-state index is 0.0949. The minimum atomic E-state index is -0.0949. The Labute approximate surface area is 74.5 Å². The molecule has 2 fully saturated rings. The predicted octanol–water partition coefficient (Wildman–Crippen LogP) is 2.50. The molecule has 0 aromatic rings. The normalized spacial score (nSPS) is 40.2. The lowest BCUT2D eigenvalue weighted by Crippen LogP contribution is -2.15. The standard InChI is InChI=1S/C11H18O/c1-7(2)10-6-8-4-3-5-9(8)11(10)12/h8-9,11-12H,3-6H2,1-2H3. The molecule has 0 amide bonds. The van der Waals surface area contributed by atoms with Crippen LogP contribution in [0.5, 0.6) is 0 Å². The van der Waals surface area contributed by atoms with Crippen LogP contribution in [0.1, 0.15) is 39.5 Å². The van der Waals surface area contributed by atoms with Crippen LogP contribution in [0.3, 0.4) is 0 Å². The van der Waals surface area contributed by atoms with Gasteiger partial charge in [0, 0.05) is 0 Å². The van der Waals surface area contributed by atoms with Crippen molar-refractivity contribution in [1.82, 2.24) is 0 Å². The van der Waals surface area contributed by atoms with Crippen LogP contribution in [-0.2, 0) is 0 Å². The van der Waals surface area contributed by atoms with E-state index in [1.54, 1.807) is 0 Å². The molecular weight excluding hydrogens is 148 g/mol. The summed E-state index contributed by atoms with van der Waals surface area (Å²) in [6.07, 6.45) is 5.01. The fourth-order valence-corrected chi connectivity index (χ4v) is 2.90. The van der Waals surface area contributed by atoms with Crippen molar-refractivity contribution in [2.75, 3.05) is 0 Å². The highest BCUT2D eigenvalue weighted by Gasteiger charge is 2.41. The highest BCUT2D eigenvalue weighted by molar-refractivity contribution is 5.22. The summed E-state index contributed by atoms with van der Waals surface area (Å²) >= 11 is 0. The van der Waals surface area contributed by atoms with E-state index in [0.29, 0.717) is 5.92 Å². The molecule has 0 bridgehead atoms. The van der Waals surface area contributed by atoms with Crippen LogP contribution in [0, 0.1) is 11.8 Å². The van der Waals surface area contributed by atoms with Crippen LogP contribution < -0.4 is 0 Å². The minimum Gasteiger partial charge on any atom is -0.388 e. The summed E-state index contributed by atoms with van der Waals surface area (Å²) in [4.78, 5) is 0. The maximum absolute atomic E-state index is 9.97. The lowest BCUT2D eigenvalue weighted by atomic mass is 9.99. The van der Waals surface area contributed by atoms with Gasteiger partial charge in [-0.2, -0.15) is 0 Å². The highest BCUT2D eigenvalue weighted by atomic mass is 16.3. The largest absolute Gasteiger partial charge is 0.388 e. The van der Waals surface area contributed by atoms with E-state index in [0.717, 1.165) is 5.92 Å². The summed E-state index contributed by atoms with van der Waals surface area (Å²) in [6.45, 7) is 4.25. The van der Waals surface area contributed by atoms with Gasteiger partial charge in [0.15, 0.2) is 0 Å². The van der Waals surface area contributed by atoms with Crippen molar-refractivity contribution in [2.45, 2.75) is 45.6 Å². The number of rotatable bonds is 0. The van der Waals surface area contributed by atoms with E-state index in [1.807, 2.05) is 0 Å². The van der Waals surface area contributed by atoms with E-state index in [9.17, 15) is 5.11 Å². The quantitative estimate of drug-likeness (QED) is 0.548. The van der Waals surface area contributed by atoms with Crippen molar-refractivity contribution in [1.29, 1.82) is 0 Å². The smallest absolute Gasteiger partial charge is 0.0783 e. The zero-order valence-corrected chi connectivity index (χ0v) is 8.01. The van der Waals surface area contributed by atoms with E-state index in [-0.39, 0.29) is 6.10 Å². The number of allylic oxidation sites excluding steroid dienone is 1. The van der Waals surface area contributed by atoms with Gasteiger partial charge in [-0.25, -0.2) is 0 Å². The molecule has 0 heterocycles. The van der Waals surface area contributed by atoms with Crippen LogP contribution in [0.15, 0.2) is 11.1 Å². The summed E-state index contributed by atoms with van der Waals surface area (Å²) in [5, 5.41) is 9.97. The third-order valence-corrected chi connectivity index (χ3v) is 3.60. The van der Waals surface area contributed by atoms with Crippen LogP contribution in [0.2, 0.25) is 0 Å². The fraction of sp³-hybridized carbons (Fsp3) is 0.818. The Bertz CT molecular complexity index is 213. The number of hydrogen-bond donors (Lipinski definition) is 1. The molecular formula is C11H18O. The van der Waals surface area contributed by atoms with E-state index in [1.165, 1.54) is 36.8 Å². The molecule has 12 heavy (non-hydrogen) atoms. The molecule has 2 saturated carbocycles. The molecule has 0 saturated heterocycles. The first kappa shape index (κ1) is 8.31. The zero-order chi connectivity index (χ0) is 8.72. The number of hydrogen-bond acceptors (Lipinski definition) is 1. The van der Waals surface area contributed by atoms with Gasteiger partial charge in [0.2, 0.25) is 0 Å². The average Bonchev–Trinajstić information content (AvgIpc) is 2.53. The number of fused-ring (bicyclic) bond motifs is 1. The SMILES string of the molecule is CC(C)=C1CC2CCCC2C1O. The summed E-state index contributed by atoms with van der Waals surface area (Å²) in [5.74, 6) is 1.42. The van der Waals surface area contributed by atoms with Gasteiger partial charge in [0.05, 0.1) is 6.10 Å². The predicted molar refractivity (Wildman–Crippen MR) is 49.8 cm³/mol. The number of aliphatic hydroxyl groups excluding tert-OH is 1. The molecule has 2 rings (SSSR count). The van der Waals surface area contributed by atoms with Gasteiger partial charge in [-0.15, -0.1) is 0 Å². The Kier molecular flexibility index (Phi) is 1.99. The zero-order valence-electron chi connectivity index (χ0n) is 8.01.